The highest BCUT2D eigenvalue weighted by Gasteiger charge is 2.03. The first-order chi connectivity index (χ1) is 7.13. The Labute approximate surface area is 89.3 Å². The van der Waals surface area contributed by atoms with Crippen LogP contribution in [0.1, 0.15) is 13.3 Å². The number of hydrogen-bond acceptors (Lipinski definition) is 5. The number of ether oxygens (including phenoxy) is 1. The van der Waals surface area contributed by atoms with Gasteiger partial charge in [-0.25, -0.2) is 0 Å². The highest BCUT2D eigenvalue weighted by Crippen LogP contribution is 2.19. The Morgan fingerprint density at radius 1 is 1.60 bits per heavy atom. The number of nitrogen functional groups attached to an aromatic ring is 1. The van der Waals surface area contributed by atoms with Gasteiger partial charge in [0.15, 0.2) is 5.82 Å². The molecule has 1 heterocycles. The van der Waals surface area contributed by atoms with Gasteiger partial charge >= 0.3 is 0 Å². The first kappa shape index (κ1) is 11.6. The van der Waals surface area contributed by atoms with Crippen LogP contribution in [0.4, 0.5) is 11.5 Å². The van der Waals surface area contributed by atoms with Crippen LogP contribution in [0.3, 0.4) is 0 Å². The fourth-order valence-electron chi connectivity index (χ4n) is 1.11. The van der Waals surface area contributed by atoms with Crippen molar-refractivity contribution >= 4 is 11.5 Å². The summed E-state index contributed by atoms with van der Waals surface area (Å²) in [5, 5.41) is 12.1. The predicted molar refractivity (Wildman–Crippen MR) is 60.0 cm³/mol. The number of methoxy groups -OCH3 is 1. The highest BCUT2D eigenvalue weighted by atomic mass is 16.5. The Morgan fingerprint density at radius 3 is 2.93 bits per heavy atom. The van der Waals surface area contributed by atoms with Crippen LogP contribution in [0.15, 0.2) is 12.1 Å². The molecular weight excluding hydrogens is 194 g/mol. The molecule has 15 heavy (non-hydrogen) atoms. The van der Waals surface area contributed by atoms with Crippen molar-refractivity contribution < 1.29 is 9.84 Å². The van der Waals surface area contributed by atoms with Crippen molar-refractivity contribution in [3.8, 4) is 5.88 Å². The molecule has 84 valence electrons. The summed E-state index contributed by atoms with van der Waals surface area (Å²) in [6.45, 7) is 2.37. The van der Waals surface area contributed by atoms with Gasteiger partial charge in [-0.1, -0.05) is 0 Å². The minimum atomic E-state index is -0.329. The van der Waals surface area contributed by atoms with E-state index in [0.29, 0.717) is 30.4 Å². The molecule has 0 saturated carbocycles. The Hall–Kier alpha value is -1.49. The molecule has 5 nitrogen and oxygen atoms in total. The number of aliphatic hydroxyl groups is 1. The minimum absolute atomic E-state index is 0.329. The van der Waals surface area contributed by atoms with Crippen LogP contribution >= 0.6 is 0 Å². The summed E-state index contributed by atoms with van der Waals surface area (Å²) in [7, 11) is 1.55. The zero-order chi connectivity index (χ0) is 11.3. The minimum Gasteiger partial charge on any atom is -0.481 e. The number of aromatic nitrogens is 1. The van der Waals surface area contributed by atoms with Gasteiger partial charge in [-0.05, 0) is 19.4 Å². The van der Waals surface area contributed by atoms with E-state index in [-0.39, 0.29) is 6.10 Å². The van der Waals surface area contributed by atoms with Gasteiger partial charge < -0.3 is 20.9 Å². The van der Waals surface area contributed by atoms with E-state index in [0.717, 1.165) is 0 Å². The smallest absolute Gasteiger partial charge is 0.215 e. The van der Waals surface area contributed by atoms with Crippen LogP contribution < -0.4 is 15.8 Å². The van der Waals surface area contributed by atoms with E-state index >= 15 is 0 Å². The normalized spacial score (nSPS) is 12.2. The second-order valence-corrected chi connectivity index (χ2v) is 3.36. The van der Waals surface area contributed by atoms with Gasteiger partial charge in [0.2, 0.25) is 5.88 Å². The molecule has 0 aliphatic heterocycles. The second kappa shape index (κ2) is 5.41. The fraction of sp³-hybridized carbons (Fsp3) is 0.500. The molecule has 1 unspecified atom stereocenters. The third-order valence-corrected chi connectivity index (χ3v) is 1.96. The second-order valence-electron chi connectivity index (χ2n) is 3.36. The molecule has 0 aromatic carbocycles. The summed E-state index contributed by atoms with van der Waals surface area (Å²) < 4.78 is 4.98. The number of pyridine rings is 1. The van der Waals surface area contributed by atoms with Crippen molar-refractivity contribution in [3.63, 3.8) is 0 Å². The maximum absolute atomic E-state index is 9.08. The lowest BCUT2D eigenvalue weighted by atomic mass is 10.3. The lowest BCUT2D eigenvalue weighted by molar-refractivity contribution is 0.188. The average Bonchev–Trinajstić information content (AvgIpc) is 2.20. The molecule has 0 aliphatic carbocycles. The number of aliphatic hydroxyl groups excluding tert-OH is 1. The number of hydrogen-bond donors (Lipinski definition) is 3. The van der Waals surface area contributed by atoms with Crippen LogP contribution in [-0.4, -0.2) is 29.8 Å². The largest absolute Gasteiger partial charge is 0.481 e. The zero-order valence-electron chi connectivity index (χ0n) is 9.03. The molecule has 0 aliphatic rings. The Morgan fingerprint density at radius 2 is 2.33 bits per heavy atom. The molecule has 5 heteroatoms. The van der Waals surface area contributed by atoms with Gasteiger partial charge in [0.25, 0.3) is 0 Å². The number of nitrogens with two attached hydrogens (primary N) is 1. The molecule has 1 atom stereocenters. The topological polar surface area (TPSA) is 80.4 Å². The monoisotopic (exact) mass is 211 g/mol. The summed E-state index contributed by atoms with van der Waals surface area (Å²) in [5.74, 6) is 1.11. The van der Waals surface area contributed by atoms with Gasteiger partial charge in [0.1, 0.15) is 0 Å². The Bertz CT molecular complexity index is 316. The Kier molecular flexibility index (Phi) is 4.17. The number of nitrogens with zero attached hydrogens (tertiary/aromatic N) is 1. The molecule has 0 spiro atoms. The maximum atomic E-state index is 9.08. The molecule has 1 aromatic heterocycles. The standard InChI is InChI=1S/C10H17N3O2/c1-7(14)5-6-12-10-8(11)3-4-9(13-10)15-2/h3-4,7,14H,5-6,11H2,1-2H3,(H,12,13). The molecule has 0 radical (unpaired) electrons. The van der Waals surface area contributed by atoms with E-state index in [9.17, 15) is 0 Å². The van der Waals surface area contributed by atoms with E-state index in [4.69, 9.17) is 15.6 Å². The number of anilines is 2. The molecule has 0 bridgehead atoms. The summed E-state index contributed by atoms with van der Waals surface area (Å²) in [5.41, 5.74) is 6.29. The SMILES string of the molecule is COc1ccc(N)c(NCCC(C)O)n1. The van der Waals surface area contributed by atoms with Crippen molar-refractivity contribution in [2.45, 2.75) is 19.4 Å². The summed E-state index contributed by atoms with van der Waals surface area (Å²) >= 11 is 0. The van der Waals surface area contributed by atoms with Crippen LogP contribution in [0.5, 0.6) is 5.88 Å². The van der Waals surface area contributed by atoms with Crippen molar-refractivity contribution in [1.82, 2.24) is 4.98 Å². The average molecular weight is 211 g/mol. The van der Waals surface area contributed by atoms with Gasteiger partial charge in [0, 0.05) is 12.6 Å². The predicted octanol–water partition coefficient (Wildman–Crippen LogP) is 0.855. The van der Waals surface area contributed by atoms with E-state index in [1.807, 2.05) is 0 Å². The van der Waals surface area contributed by atoms with Crippen molar-refractivity contribution in [2.75, 3.05) is 24.7 Å². The molecule has 0 saturated heterocycles. The van der Waals surface area contributed by atoms with Crippen LogP contribution in [-0.2, 0) is 0 Å². The lowest BCUT2D eigenvalue weighted by Crippen LogP contribution is -2.12. The molecule has 4 N–H and O–H groups in total. The summed E-state index contributed by atoms with van der Waals surface area (Å²) in [6, 6.07) is 3.44. The molecule has 0 fully saturated rings. The molecule has 1 rings (SSSR count). The van der Waals surface area contributed by atoms with Crippen molar-refractivity contribution in [3.05, 3.63) is 12.1 Å². The third-order valence-electron chi connectivity index (χ3n) is 1.96. The van der Waals surface area contributed by atoms with E-state index in [1.54, 1.807) is 26.2 Å². The van der Waals surface area contributed by atoms with Crippen LogP contribution in [0, 0.1) is 0 Å². The highest BCUT2D eigenvalue weighted by molar-refractivity contribution is 5.61. The van der Waals surface area contributed by atoms with Crippen LogP contribution in [0.2, 0.25) is 0 Å². The summed E-state index contributed by atoms with van der Waals surface area (Å²) in [4.78, 5) is 4.15. The number of rotatable bonds is 5. The quantitative estimate of drug-likeness (QED) is 0.673. The van der Waals surface area contributed by atoms with E-state index in [2.05, 4.69) is 10.3 Å². The van der Waals surface area contributed by atoms with E-state index in [1.165, 1.54) is 0 Å². The van der Waals surface area contributed by atoms with Gasteiger partial charge in [-0.15, -0.1) is 0 Å². The number of nitrogens with one attached hydrogen (secondary N) is 1. The molecular formula is C10H17N3O2. The first-order valence-electron chi connectivity index (χ1n) is 4.86. The van der Waals surface area contributed by atoms with Gasteiger partial charge in [0.05, 0.1) is 18.9 Å². The maximum Gasteiger partial charge on any atom is 0.215 e. The van der Waals surface area contributed by atoms with E-state index < -0.39 is 0 Å². The van der Waals surface area contributed by atoms with Crippen molar-refractivity contribution in [2.24, 2.45) is 0 Å². The molecule has 1 aromatic rings. The zero-order valence-corrected chi connectivity index (χ0v) is 9.03. The van der Waals surface area contributed by atoms with Crippen LogP contribution in [0.25, 0.3) is 0 Å². The Balaban J connectivity index is 2.59. The first-order valence-corrected chi connectivity index (χ1v) is 4.86. The van der Waals surface area contributed by atoms with Gasteiger partial charge in [-0.2, -0.15) is 4.98 Å². The third kappa shape index (κ3) is 3.63. The fourth-order valence-corrected chi connectivity index (χ4v) is 1.11. The lowest BCUT2D eigenvalue weighted by Gasteiger charge is -2.10. The molecule has 0 amide bonds. The van der Waals surface area contributed by atoms with Gasteiger partial charge in [-0.3, -0.25) is 0 Å². The summed E-state index contributed by atoms with van der Waals surface area (Å²) in [6.07, 6.45) is 0.322. The van der Waals surface area contributed by atoms with Crippen molar-refractivity contribution in [1.29, 1.82) is 0 Å².